The molecule has 0 atom stereocenters. The van der Waals surface area contributed by atoms with Crippen LogP contribution in [0.15, 0.2) is 24.3 Å². The summed E-state index contributed by atoms with van der Waals surface area (Å²) in [6.45, 7) is 0.762. The number of likely N-dealkylation sites (N-methyl/N-ethyl adjacent to an activating group) is 1. The van der Waals surface area contributed by atoms with Crippen LogP contribution in [0.25, 0.3) is 6.08 Å². The standard InChI is InChI=1S/C9H11FN2/c1-11-7-3-5-8-4-2-6-9(10)12-8/h2-6,11H,7H2,1H3. The molecule has 0 fully saturated rings. The molecule has 0 saturated heterocycles. The Labute approximate surface area is 71.1 Å². The minimum atomic E-state index is -0.443. The summed E-state index contributed by atoms with van der Waals surface area (Å²) < 4.78 is 12.5. The minimum Gasteiger partial charge on any atom is -0.316 e. The maximum atomic E-state index is 12.5. The highest BCUT2D eigenvalue weighted by Crippen LogP contribution is 1.99. The number of rotatable bonds is 3. The maximum absolute atomic E-state index is 12.5. The van der Waals surface area contributed by atoms with E-state index in [0.29, 0.717) is 5.69 Å². The van der Waals surface area contributed by atoms with Crippen molar-refractivity contribution in [2.24, 2.45) is 0 Å². The molecule has 1 aromatic heterocycles. The molecule has 1 N–H and O–H groups in total. The van der Waals surface area contributed by atoms with Crippen LogP contribution in [0.2, 0.25) is 0 Å². The first-order valence-corrected chi connectivity index (χ1v) is 3.76. The van der Waals surface area contributed by atoms with E-state index in [-0.39, 0.29) is 0 Å². The third-order valence-corrected chi connectivity index (χ3v) is 1.35. The highest BCUT2D eigenvalue weighted by atomic mass is 19.1. The van der Waals surface area contributed by atoms with Gasteiger partial charge in [-0.2, -0.15) is 4.39 Å². The largest absolute Gasteiger partial charge is 0.316 e. The molecule has 2 nitrogen and oxygen atoms in total. The Morgan fingerprint density at radius 3 is 3.08 bits per heavy atom. The lowest BCUT2D eigenvalue weighted by Gasteiger charge is -1.92. The molecule has 1 heterocycles. The average Bonchev–Trinajstić information content (AvgIpc) is 2.05. The van der Waals surface area contributed by atoms with E-state index in [0.717, 1.165) is 6.54 Å². The number of aromatic nitrogens is 1. The monoisotopic (exact) mass is 166 g/mol. The van der Waals surface area contributed by atoms with Crippen LogP contribution in [0, 0.1) is 5.95 Å². The second-order valence-electron chi connectivity index (χ2n) is 2.35. The molecule has 0 unspecified atom stereocenters. The lowest BCUT2D eigenvalue weighted by Crippen LogP contribution is -2.03. The van der Waals surface area contributed by atoms with E-state index in [1.807, 2.05) is 13.1 Å². The Hall–Kier alpha value is -1.22. The lowest BCUT2D eigenvalue weighted by molar-refractivity contribution is 0.582. The molecule has 12 heavy (non-hydrogen) atoms. The molecule has 0 saturated carbocycles. The second kappa shape index (κ2) is 4.62. The summed E-state index contributed by atoms with van der Waals surface area (Å²) >= 11 is 0. The third kappa shape index (κ3) is 2.80. The molecule has 0 amide bonds. The summed E-state index contributed by atoms with van der Waals surface area (Å²) in [5.41, 5.74) is 0.644. The SMILES string of the molecule is CNCC=Cc1cccc(F)n1. The topological polar surface area (TPSA) is 24.9 Å². The average molecular weight is 166 g/mol. The number of pyridine rings is 1. The summed E-state index contributed by atoms with van der Waals surface area (Å²) in [6, 6.07) is 4.73. The molecule has 0 spiro atoms. The van der Waals surface area contributed by atoms with E-state index < -0.39 is 5.95 Å². The predicted octanol–water partition coefficient (Wildman–Crippen LogP) is 1.45. The maximum Gasteiger partial charge on any atom is 0.213 e. The Morgan fingerprint density at radius 1 is 1.58 bits per heavy atom. The third-order valence-electron chi connectivity index (χ3n) is 1.35. The molecule has 3 heteroatoms. The van der Waals surface area contributed by atoms with E-state index in [2.05, 4.69) is 10.3 Å². The fourth-order valence-electron chi connectivity index (χ4n) is 0.814. The molecular formula is C9H11FN2. The van der Waals surface area contributed by atoms with Crippen molar-refractivity contribution in [3.8, 4) is 0 Å². The zero-order chi connectivity index (χ0) is 8.81. The Balaban J connectivity index is 2.63. The highest BCUT2D eigenvalue weighted by molar-refractivity contribution is 5.43. The molecule has 0 aromatic carbocycles. The van der Waals surface area contributed by atoms with Gasteiger partial charge in [0.2, 0.25) is 5.95 Å². The van der Waals surface area contributed by atoms with E-state index in [4.69, 9.17) is 0 Å². The van der Waals surface area contributed by atoms with Gasteiger partial charge in [-0.05, 0) is 25.3 Å². The van der Waals surface area contributed by atoms with Gasteiger partial charge in [-0.3, -0.25) is 0 Å². The van der Waals surface area contributed by atoms with Gasteiger partial charge in [0.05, 0.1) is 5.69 Å². The molecule has 0 aliphatic carbocycles. The van der Waals surface area contributed by atoms with E-state index in [9.17, 15) is 4.39 Å². The van der Waals surface area contributed by atoms with Gasteiger partial charge in [0, 0.05) is 6.54 Å². The number of halogens is 1. The normalized spacial score (nSPS) is 10.8. The summed E-state index contributed by atoms with van der Waals surface area (Å²) in [5, 5.41) is 2.94. The van der Waals surface area contributed by atoms with Crippen molar-refractivity contribution in [2.75, 3.05) is 13.6 Å². The van der Waals surface area contributed by atoms with Crippen molar-refractivity contribution in [3.05, 3.63) is 35.9 Å². The summed E-state index contributed by atoms with van der Waals surface area (Å²) in [6.07, 6.45) is 3.67. The van der Waals surface area contributed by atoms with Crippen LogP contribution in [0.4, 0.5) is 4.39 Å². The molecule has 0 aliphatic rings. The van der Waals surface area contributed by atoms with E-state index in [1.165, 1.54) is 6.07 Å². The zero-order valence-electron chi connectivity index (χ0n) is 6.92. The van der Waals surface area contributed by atoms with Gasteiger partial charge < -0.3 is 5.32 Å². The van der Waals surface area contributed by atoms with Crippen LogP contribution in [-0.2, 0) is 0 Å². The van der Waals surface area contributed by atoms with Crippen molar-refractivity contribution in [1.82, 2.24) is 10.3 Å². The smallest absolute Gasteiger partial charge is 0.213 e. The predicted molar refractivity (Wildman–Crippen MR) is 47.2 cm³/mol. The first kappa shape index (κ1) is 8.87. The molecular weight excluding hydrogens is 155 g/mol. The van der Waals surface area contributed by atoms with E-state index in [1.54, 1.807) is 18.2 Å². The fraction of sp³-hybridized carbons (Fsp3) is 0.222. The second-order valence-corrected chi connectivity index (χ2v) is 2.35. The molecule has 0 radical (unpaired) electrons. The lowest BCUT2D eigenvalue weighted by atomic mass is 10.3. The molecule has 0 bridgehead atoms. The van der Waals surface area contributed by atoms with Gasteiger partial charge in [0.1, 0.15) is 0 Å². The molecule has 1 aromatic rings. The molecule has 64 valence electrons. The quantitative estimate of drug-likeness (QED) is 0.687. The number of nitrogens with zero attached hydrogens (tertiary/aromatic N) is 1. The molecule has 1 rings (SSSR count). The Morgan fingerprint density at radius 2 is 2.42 bits per heavy atom. The van der Waals surface area contributed by atoms with Gasteiger partial charge in [-0.15, -0.1) is 0 Å². The highest BCUT2D eigenvalue weighted by Gasteiger charge is 1.90. The first-order valence-electron chi connectivity index (χ1n) is 3.76. The minimum absolute atomic E-state index is 0.443. The Bertz CT molecular complexity index is 271. The van der Waals surface area contributed by atoms with E-state index >= 15 is 0 Å². The van der Waals surface area contributed by atoms with Crippen LogP contribution >= 0.6 is 0 Å². The van der Waals surface area contributed by atoms with Crippen molar-refractivity contribution >= 4 is 6.08 Å². The van der Waals surface area contributed by atoms with Crippen LogP contribution < -0.4 is 5.32 Å². The number of hydrogen-bond donors (Lipinski definition) is 1. The summed E-state index contributed by atoms with van der Waals surface area (Å²) in [7, 11) is 1.85. The van der Waals surface area contributed by atoms with Gasteiger partial charge >= 0.3 is 0 Å². The Kier molecular flexibility index (Phi) is 3.41. The van der Waals surface area contributed by atoms with Crippen molar-refractivity contribution in [1.29, 1.82) is 0 Å². The van der Waals surface area contributed by atoms with Gasteiger partial charge in [-0.25, -0.2) is 4.98 Å². The van der Waals surface area contributed by atoms with Crippen molar-refractivity contribution in [3.63, 3.8) is 0 Å². The van der Waals surface area contributed by atoms with Crippen LogP contribution in [0.5, 0.6) is 0 Å². The van der Waals surface area contributed by atoms with Crippen molar-refractivity contribution < 1.29 is 4.39 Å². The van der Waals surface area contributed by atoms with Crippen molar-refractivity contribution in [2.45, 2.75) is 0 Å². The van der Waals surface area contributed by atoms with Crippen LogP contribution in [0.3, 0.4) is 0 Å². The van der Waals surface area contributed by atoms with Gasteiger partial charge in [0.25, 0.3) is 0 Å². The van der Waals surface area contributed by atoms with Gasteiger partial charge in [-0.1, -0.05) is 12.1 Å². The van der Waals surface area contributed by atoms with Gasteiger partial charge in [0.15, 0.2) is 0 Å². The summed E-state index contributed by atoms with van der Waals surface area (Å²) in [5.74, 6) is -0.443. The number of hydrogen-bond acceptors (Lipinski definition) is 2. The zero-order valence-corrected chi connectivity index (χ0v) is 6.92. The molecule has 0 aliphatic heterocycles. The van der Waals surface area contributed by atoms with Crippen LogP contribution in [-0.4, -0.2) is 18.6 Å². The number of nitrogens with one attached hydrogen (secondary N) is 1. The first-order chi connectivity index (χ1) is 5.83. The van der Waals surface area contributed by atoms with Crippen LogP contribution in [0.1, 0.15) is 5.69 Å². The summed E-state index contributed by atoms with van der Waals surface area (Å²) in [4.78, 5) is 3.66. The fourth-order valence-corrected chi connectivity index (χ4v) is 0.814.